The first-order chi connectivity index (χ1) is 11.8. The summed E-state index contributed by atoms with van der Waals surface area (Å²) in [6.07, 6.45) is 0. The lowest BCUT2D eigenvalue weighted by atomic mass is 10.3. The molecule has 0 radical (unpaired) electrons. The van der Waals surface area contributed by atoms with Gasteiger partial charge in [-0.25, -0.2) is 9.78 Å². The van der Waals surface area contributed by atoms with E-state index in [4.69, 9.17) is 14.2 Å². The highest BCUT2D eigenvalue weighted by Gasteiger charge is 2.13. The molecule has 124 valence electrons. The first-order valence-electron chi connectivity index (χ1n) is 7.18. The Morgan fingerprint density at radius 2 is 1.88 bits per heavy atom. The lowest BCUT2D eigenvalue weighted by Gasteiger charge is -2.07. The van der Waals surface area contributed by atoms with Crippen molar-refractivity contribution in [3.63, 3.8) is 0 Å². The van der Waals surface area contributed by atoms with E-state index in [1.54, 1.807) is 36.0 Å². The topological polar surface area (TPSA) is 57.7 Å². The fourth-order valence-corrected chi connectivity index (χ4v) is 3.43. The minimum absolute atomic E-state index is 0.163. The molecule has 2 aromatic heterocycles. The second-order valence-electron chi connectivity index (χ2n) is 4.71. The molecule has 7 heteroatoms. The average Bonchev–Trinajstić information content (AvgIpc) is 3.30. The van der Waals surface area contributed by atoms with Crippen molar-refractivity contribution < 1.29 is 19.0 Å². The van der Waals surface area contributed by atoms with Gasteiger partial charge in [-0.15, -0.1) is 11.3 Å². The monoisotopic (exact) mass is 361 g/mol. The zero-order valence-electron chi connectivity index (χ0n) is 12.9. The van der Waals surface area contributed by atoms with Crippen LogP contribution in [0.1, 0.15) is 10.5 Å². The Bertz CT molecular complexity index is 781. The molecule has 0 atom stereocenters. The fourth-order valence-electron chi connectivity index (χ4n) is 1.93. The first kappa shape index (κ1) is 16.5. The summed E-state index contributed by atoms with van der Waals surface area (Å²) in [5, 5.41) is 6.50. The highest BCUT2D eigenvalue weighted by Crippen LogP contribution is 2.25. The number of aromatic nitrogens is 1. The number of thiazole rings is 1. The van der Waals surface area contributed by atoms with Gasteiger partial charge in [-0.05, 0) is 35.7 Å². The minimum atomic E-state index is -0.439. The number of benzene rings is 1. The first-order valence-corrected chi connectivity index (χ1v) is 9.00. The molecule has 0 spiro atoms. The van der Waals surface area contributed by atoms with Gasteiger partial charge in [0.25, 0.3) is 0 Å². The standard InChI is InChI=1S/C17H15NO4S2/c1-20-13-2-4-14(5-3-13)21-7-8-22-17(19)15-11-24-16(18-15)12-6-9-23-10-12/h2-6,9-11H,7-8H2,1H3. The molecular formula is C17H15NO4S2. The van der Waals surface area contributed by atoms with Crippen molar-refractivity contribution in [2.24, 2.45) is 0 Å². The zero-order valence-corrected chi connectivity index (χ0v) is 14.6. The summed E-state index contributed by atoms with van der Waals surface area (Å²) in [4.78, 5) is 16.3. The van der Waals surface area contributed by atoms with Crippen molar-refractivity contribution >= 4 is 28.6 Å². The normalized spacial score (nSPS) is 10.4. The third kappa shape index (κ3) is 4.12. The molecule has 0 aliphatic heterocycles. The summed E-state index contributed by atoms with van der Waals surface area (Å²) in [7, 11) is 1.61. The van der Waals surface area contributed by atoms with Crippen LogP contribution in [-0.4, -0.2) is 31.3 Å². The Kier molecular flexibility index (Phi) is 5.45. The van der Waals surface area contributed by atoms with E-state index in [1.807, 2.05) is 29.0 Å². The SMILES string of the molecule is COc1ccc(OCCOC(=O)c2csc(-c3ccsc3)n2)cc1. The quantitative estimate of drug-likeness (QED) is 0.468. The van der Waals surface area contributed by atoms with Gasteiger partial charge in [-0.2, -0.15) is 11.3 Å². The fraction of sp³-hybridized carbons (Fsp3) is 0.176. The van der Waals surface area contributed by atoms with Gasteiger partial charge in [0, 0.05) is 16.3 Å². The molecule has 3 aromatic rings. The maximum Gasteiger partial charge on any atom is 0.357 e. The van der Waals surface area contributed by atoms with Gasteiger partial charge in [-0.1, -0.05) is 0 Å². The third-order valence-electron chi connectivity index (χ3n) is 3.13. The van der Waals surface area contributed by atoms with Crippen LogP contribution in [0.15, 0.2) is 46.5 Å². The van der Waals surface area contributed by atoms with Crippen LogP contribution >= 0.6 is 22.7 Å². The predicted octanol–water partition coefficient (Wildman–Crippen LogP) is 4.12. The number of esters is 1. The van der Waals surface area contributed by atoms with Crippen LogP contribution < -0.4 is 9.47 Å². The molecule has 5 nitrogen and oxygen atoms in total. The number of hydrogen-bond donors (Lipinski definition) is 0. The average molecular weight is 361 g/mol. The molecular weight excluding hydrogens is 346 g/mol. The molecule has 2 heterocycles. The Morgan fingerprint density at radius 1 is 1.08 bits per heavy atom. The van der Waals surface area contributed by atoms with Gasteiger partial charge in [0.05, 0.1) is 7.11 Å². The lowest BCUT2D eigenvalue weighted by molar-refractivity contribution is 0.0444. The molecule has 0 amide bonds. The van der Waals surface area contributed by atoms with E-state index < -0.39 is 5.97 Å². The van der Waals surface area contributed by atoms with E-state index in [0.717, 1.165) is 16.3 Å². The number of hydrogen-bond acceptors (Lipinski definition) is 7. The number of carbonyl (C=O) groups is 1. The summed E-state index contributed by atoms with van der Waals surface area (Å²) in [6, 6.07) is 9.19. The van der Waals surface area contributed by atoms with Crippen molar-refractivity contribution in [2.75, 3.05) is 20.3 Å². The van der Waals surface area contributed by atoms with Crippen LogP contribution in [0.3, 0.4) is 0 Å². The lowest BCUT2D eigenvalue weighted by Crippen LogP contribution is -2.12. The summed E-state index contributed by atoms with van der Waals surface area (Å²) in [6.45, 7) is 0.440. The molecule has 0 saturated heterocycles. The van der Waals surface area contributed by atoms with Crippen LogP contribution in [0.2, 0.25) is 0 Å². The Labute approximate surface area is 147 Å². The second-order valence-corrected chi connectivity index (χ2v) is 6.35. The van der Waals surface area contributed by atoms with Gasteiger partial charge in [-0.3, -0.25) is 0 Å². The number of nitrogens with zero attached hydrogens (tertiary/aromatic N) is 1. The van der Waals surface area contributed by atoms with Crippen molar-refractivity contribution in [1.82, 2.24) is 4.98 Å². The van der Waals surface area contributed by atoms with E-state index >= 15 is 0 Å². The molecule has 24 heavy (non-hydrogen) atoms. The molecule has 0 fully saturated rings. The van der Waals surface area contributed by atoms with Crippen molar-refractivity contribution in [2.45, 2.75) is 0 Å². The maximum atomic E-state index is 12.0. The Morgan fingerprint density at radius 3 is 2.58 bits per heavy atom. The van der Waals surface area contributed by atoms with Gasteiger partial charge < -0.3 is 14.2 Å². The predicted molar refractivity (Wildman–Crippen MR) is 94.2 cm³/mol. The molecule has 0 unspecified atom stereocenters. The van der Waals surface area contributed by atoms with E-state index in [1.165, 1.54) is 11.3 Å². The van der Waals surface area contributed by atoms with E-state index in [-0.39, 0.29) is 13.2 Å². The largest absolute Gasteiger partial charge is 0.497 e. The Hall–Kier alpha value is -2.38. The summed E-state index contributed by atoms with van der Waals surface area (Å²) in [5.74, 6) is 1.02. The second kappa shape index (κ2) is 7.94. The molecule has 0 saturated carbocycles. The molecule has 0 N–H and O–H groups in total. The van der Waals surface area contributed by atoms with Crippen molar-refractivity contribution in [1.29, 1.82) is 0 Å². The molecule has 0 bridgehead atoms. The third-order valence-corrected chi connectivity index (χ3v) is 4.70. The summed E-state index contributed by atoms with van der Waals surface area (Å²) in [5.41, 5.74) is 1.34. The van der Waals surface area contributed by atoms with Gasteiger partial charge in [0.2, 0.25) is 0 Å². The molecule has 0 aliphatic rings. The van der Waals surface area contributed by atoms with E-state index in [2.05, 4.69) is 4.98 Å². The van der Waals surface area contributed by atoms with E-state index in [0.29, 0.717) is 11.4 Å². The van der Waals surface area contributed by atoms with Crippen LogP contribution in [0, 0.1) is 0 Å². The number of rotatable bonds is 7. The summed E-state index contributed by atoms with van der Waals surface area (Å²) < 4.78 is 15.8. The van der Waals surface area contributed by atoms with Crippen LogP contribution in [0.4, 0.5) is 0 Å². The van der Waals surface area contributed by atoms with E-state index in [9.17, 15) is 4.79 Å². The van der Waals surface area contributed by atoms with Gasteiger partial charge >= 0.3 is 5.97 Å². The smallest absolute Gasteiger partial charge is 0.357 e. The van der Waals surface area contributed by atoms with Gasteiger partial charge in [0.15, 0.2) is 5.69 Å². The molecule has 3 rings (SSSR count). The van der Waals surface area contributed by atoms with Crippen molar-refractivity contribution in [3.8, 4) is 22.1 Å². The molecule has 1 aromatic carbocycles. The Balaban J connectivity index is 1.45. The van der Waals surface area contributed by atoms with Crippen LogP contribution in [-0.2, 0) is 4.74 Å². The summed E-state index contributed by atoms with van der Waals surface area (Å²) >= 11 is 3.02. The highest BCUT2D eigenvalue weighted by atomic mass is 32.1. The van der Waals surface area contributed by atoms with Crippen LogP contribution in [0.25, 0.3) is 10.6 Å². The van der Waals surface area contributed by atoms with Gasteiger partial charge in [0.1, 0.15) is 29.7 Å². The highest BCUT2D eigenvalue weighted by molar-refractivity contribution is 7.14. The molecule has 0 aliphatic carbocycles. The number of methoxy groups -OCH3 is 1. The van der Waals surface area contributed by atoms with Crippen molar-refractivity contribution in [3.05, 3.63) is 52.2 Å². The number of ether oxygens (including phenoxy) is 3. The minimum Gasteiger partial charge on any atom is -0.497 e. The zero-order chi connectivity index (χ0) is 16.8. The van der Waals surface area contributed by atoms with Crippen LogP contribution in [0.5, 0.6) is 11.5 Å². The maximum absolute atomic E-state index is 12.0. The number of thiophene rings is 1. The number of carbonyl (C=O) groups excluding carboxylic acids is 1.